The molecule has 2 N–H and O–H groups in total. The molecular formula is C25H30N2. The van der Waals surface area contributed by atoms with Crippen LogP contribution in [0, 0.1) is 25.7 Å². The van der Waals surface area contributed by atoms with E-state index in [4.69, 9.17) is 5.73 Å². The highest BCUT2D eigenvalue weighted by atomic mass is 14.6. The number of rotatable bonds is 1. The van der Waals surface area contributed by atoms with Crippen LogP contribution >= 0.6 is 0 Å². The maximum Gasteiger partial charge on any atom is 0.0271 e. The summed E-state index contributed by atoms with van der Waals surface area (Å²) in [6.07, 6.45) is 4.73. The van der Waals surface area contributed by atoms with Gasteiger partial charge < -0.3 is 5.73 Å². The van der Waals surface area contributed by atoms with E-state index in [1.165, 1.54) is 17.5 Å². The lowest BCUT2D eigenvalue weighted by Gasteiger charge is -1.93. The second-order valence-electron chi connectivity index (χ2n) is 6.25. The van der Waals surface area contributed by atoms with Crippen LogP contribution in [-0.4, -0.2) is 4.98 Å². The minimum absolute atomic E-state index is 0.600. The van der Waals surface area contributed by atoms with Crippen molar-refractivity contribution in [2.24, 2.45) is 5.73 Å². The van der Waals surface area contributed by atoms with Gasteiger partial charge >= 0.3 is 0 Å². The quantitative estimate of drug-likeness (QED) is 0.570. The zero-order valence-electron chi connectivity index (χ0n) is 16.9. The van der Waals surface area contributed by atoms with Crippen LogP contribution in [0.5, 0.6) is 0 Å². The normalized spacial score (nSPS) is 8.93. The lowest BCUT2D eigenvalue weighted by molar-refractivity contribution is 1.06. The topological polar surface area (TPSA) is 38.9 Å². The van der Waals surface area contributed by atoms with Gasteiger partial charge in [-0.15, -0.1) is 0 Å². The van der Waals surface area contributed by atoms with Crippen molar-refractivity contribution in [1.82, 2.24) is 4.98 Å². The molecule has 0 saturated carbocycles. The number of aromatic nitrogens is 1. The van der Waals surface area contributed by atoms with Crippen molar-refractivity contribution in [3.63, 3.8) is 0 Å². The molecule has 3 rings (SSSR count). The number of nitrogens with two attached hydrogens (primary N) is 1. The number of benzene rings is 2. The van der Waals surface area contributed by atoms with Gasteiger partial charge in [-0.05, 0) is 55.8 Å². The average molecular weight is 359 g/mol. The Bertz CT molecular complexity index is 759. The first-order chi connectivity index (χ1) is 13.1. The molecule has 0 fully saturated rings. The molecule has 0 bridgehead atoms. The van der Waals surface area contributed by atoms with E-state index in [2.05, 4.69) is 93.1 Å². The molecule has 2 aromatic carbocycles. The molecule has 1 aromatic heterocycles. The van der Waals surface area contributed by atoms with Gasteiger partial charge in [0, 0.05) is 30.1 Å². The van der Waals surface area contributed by atoms with E-state index in [9.17, 15) is 0 Å². The maximum atomic E-state index is 5.32. The standard InChI is InChI=1S/C16H14.C6H8N2.C3H8/c1-13-3-7-15(8-4-13)11-12-16-9-5-14(2)6-10-16;7-5-6-1-3-8-4-2-6;1-3-2/h3-10H,1-2H3;1-4H,5,7H2;3H2,1-2H3. The minimum Gasteiger partial charge on any atom is -0.326 e. The summed E-state index contributed by atoms with van der Waals surface area (Å²) in [4.78, 5) is 3.84. The fourth-order valence-electron chi connectivity index (χ4n) is 1.94. The molecule has 3 aromatic rings. The van der Waals surface area contributed by atoms with Crippen molar-refractivity contribution >= 4 is 0 Å². The SMILES string of the molecule is CCC.Cc1ccc(C#Cc2ccc(C)cc2)cc1.NCc1ccncc1. The van der Waals surface area contributed by atoms with Crippen molar-refractivity contribution in [3.8, 4) is 11.8 Å². The molecule has 0 aliphatic carbocycles. The van der Waals surface area contributed by atoms with Crippen molar-refractivity contribution in [1.29, 1.82) is 0 Å². The Balaban J connectivity index is 0.000000277. The van der Waals surface area contributed by atoms with E-state index in [-0.39, 0.29) is 0 Å². The Kier molecular flexibility index (Phi) is 10.9. The predicted octanol–water partition coefficient (Wildman–Crippen LogP) is 5.66. The molecule has 0 radical (unpaired) electrons. The van der Waals surface area contributed by atoms with E-state index in [0.717, 1.165) is 16.7 Å². The van der Waals surface area contributed by atoms with Gasteiger partial charge in [-0.3, -0.25) is 4.98 Å². The first-order valence-corrected chi connectivity index (χ1v) is 9.33. The van der Waals surface area contributed by atoms with Gasteiger partial charge in [-0.2, -0.15) is 0 Å². The summed E-state index contributed by atoms with van der Waals surface area (Å²) >= 11 is 0. The lowest BCUT2D eigenvalue weighted by Crippen LogP contribution is -1.94. The van der Waals surface area contributed by atoms with Crippen LogP contribution in [0.4, 0.5) is 0 Å². The highest BCUT2D eigenvalue weighted by Crippen LogP contribution is 2.04. The zero-order chi connectivity index (χ0) is 19.9. The Morgan fingerprint density at radius 3 is 1.37 bits per heavy atom. The van der Waals surface area contributed by atoms with Crippen molar-refractivity contribution in [2.75, 3.05) is 0 Å². The van der Waals surface area contributed by atoms with Crippen LogP contribution in [0.2, 0.25) is 0 Å². The zero-order valence-corrected chi connectivity index (χ0v) is 16.9. The third-order valence-corrected chi connectivity index (χ3v) is 3.44. The molecule has 140 valence electrons. The van der Waals surface area contributed by atoms with E-state index in [0.29, 0.717) is 6.54 Å². The van der Waals surface area contributed by atoms with Crippen LogP contribution in [0.1, 0.15) is 48.1 Å². The summed E-state index contributed by atoms with van der Waals surface area (Å²) in [5.41, 5.74) is 11.1. The van der Waals surface area contributed by atoms with Gasteiger partial charge in [0.05, 0.1) is 0 Å². The summed E-state index contributed by atoms with van der Waals surface area (Å²) in [6.45, 7) is 9.01. The van der Waals surface area contributed by atoms with E-state index in [1.807, 2.05) is 12.1 Å². The first kappa shape index (κ1) is 22.2. The molecule has 2 heteroatoms. The van der Waals surface area contributed by atoms with Gasteiger partial charge in [0.1, 0.15) is 0 Å². The number of aryl methyl sites for hydroxylation is 2. The van der Waals surface area contributed by atoms with Gasteiger partial charge in [0.2, 0.25) is 0 Å². The molecule has 0 aliphatic rings. The monoisotopic (exact) mass is 358 g/mol. The lowest BCUT2D eigenvalue weighted by atomic mass is 10.1. The molecule has 2 nitrogen and oxygen atoms in total. The Labute approximate surface area is 164 Å². The highest BCUT2D eigenvalue weighted by Gasteiger charge is 1.88. The number of hydrogen-bond acceptors (Lipinski definition) is 2. The summed E-state index contributed by atoms with van der Waals surface area (Å²) < 4.78 is 0. The van der Waals surface area contributed by atoms with Gasteiger partial charge in [0.15, 0.2) is 0 Å². The fourth-order valence-corrected chi connectivity index (χ4v) is 1.94. The van der Waals surface area contributed by atoms with E-state index >= 15 is 0 Å². The van der Waals surface area contributed by atoms with Crippen LogP contribution in [0.15, 0.2) is 73.1 Å². The summed E-state index contributed by atoms with van der Waals surface area (Å²) in [7, 11) is 0. The Morgan fingerprint density at radius 2 is 1.07 bits per heavy atom. The average Bonchev–Trinajstić information content (AvgIpc) is 2.70. The van der Waals surface area contributed by atoms with Crippen molar-refractivity contribution < 1.29 is 0 Å². The maximum absolute atomic E-state index is 5.32. The third-order valence-electron chi connectivity index (χ3n) is 3.44. The number of pyridine rings is 1. The van der Waals surface area contributed by atoms with Gasteiger partial charge in [0.25, 0.3) is 0 Å². The summed E-state index contributed by atoms with van der Waals surface area (Å²) in [5, 5.41) is 0. The fraction of sp³-hybridized carbons (Fsp3) is 0.240. The Morgan fingerprint density at radius 1 is 0.704 bits per heavy atom. The molecule has 0 amide bonds. The second-order valence-corrected chi connectivity index (χ2v) is 6.25. The van der Waals surface area contributed by atoms with Gasteiger partial charge in [-0.25, -0.2) is 0 Å². The summed E-state index contributed by atoms with van der Waals surface area (Å²) in [5.74, 6) is 6.32. The molecular weight excluding hydrogens is 328 g/mol. The third kappa shape index (κ3) is 9.99. The van der Waals surface area contributed by atoms with E-state index in [1.54, 1.807) is 12.4 Å². The molecule has 0 aliphatic heterocycles. The molecule has 0 atom stereocenters. The highest BCUT2D eigenvalue weighted by molar-refractivity contribution is 5.43. The van der Waals surface area contributed by atoms with Crippen molar-refractivity contribution in [2.45, 2.75) is 40.7 Å². The second kappa shape index (κ2) is 13.3. The largest absolute Gasteiger partial charge is 0.326 e. The predicted molar refractivity (Wildman–Crippen MR) is 116 cm³/mol. The van der Waals surface area contributed by atoms with Crippen LogP contribution < -0.4 is 5.73 Å². The summed E-state index contributed by atoms with van der Waals surface area (Å²) in [6, 6.07) is 20.3. The van der Waals surface area contributed by atoms with Crippen LogP contribution in [0.25, 0.3) is 0 Å². The Hall–Kier alpha value is -2.89. The molecule has 27 heavy (non-hydrogen) atoms. The number of hydrogen-bond donors (Lipinski definition) is 1. The van der Waals surface area contributed by atoms with E-state index < -0.39 is 0 Å². The first-order valence-electron chi connectivity index (χ1n) is 9.33. The number of nitrogens with zero attached hydrogens (tertiary/aromatic N) is 1. The van der Waals surface area contributed by atoms with Gasteiger partial charge in [-0.1, -0.05) is 67.5 Å². The molecule has 1 heterocycles. The minimum atomic E-state index is 0.600. The molecule has 0 unspecified atom stereocenters. The molecule has 0 spiro atoms. The smallest absolute Gasteiger partial charge is 0.0271 e. The molecule has 0 saturated heterocycles. The van der Waals surface area contributed by atoms with Crippen LogP contribution in [0.3, 0.4) is 0 Å². The van der Waals surface area contributed by atoms with Crippen molar-refractivity contribution in [3.05, 3.63) is 101 Å². The van der Waals surface area contributed by atoms with Crippen LogP contribution in [-0.2, 0) is 6.54 Å².